The van der Waals surface area contributed by atoms with E-state index in [1.807, 2.05) is 59.5 Å². The van der Waals surface area contributed by atoms with Gasteiger partial charge in [0.1, 0.15) is 5.75 Å². The van der Waals surface area contributed by atoms with E-state index < -0.39 is 0 Å². The summed E-state index contributed by atoms with van der Waals surface area (Å²) in [5.74, 6) is 0.772. The average Bonchev–Trinajstić information content (AvgIpc) is 2.98. The summed E-state index contributed by atoms with van der Waals surface area (Å²) in [5, 5.41) is 0.698. The summed E-state index contributed by atoms with van der Waals surface area (Å²) >= 11 is 5.89. The Bertz CT molecular complexity index is 780. The Morgan fingerprint density at radius 2 is 1.50 bits per heavy atom. The Labute approximate surface area is 170 Å². The van der Waals surface area contributed by atoms with Gasteiger partial charge in [-0.15, -0.1) is 0 Å². The number of carbonyl (C=O) groups excluding carboxylic acids is 2. The summed E-state index contributed by atoms with van der Waals surface area (Å²) in [4.78, 5) is 28.6. The summed E-state index contributed by atoms with van der Waals surface area (Å²) in [6, 6.07) is 16.9. The molecule has 0 aromatic heterocycles. The van der Waals surface area contributed by atoms with Gasteiger partial charge in [-0.1, -0.05) is 41.9 Å². The topological polar surface area (TPSA) is 49.9 Å². The highest BCUT2D eigenvalue weighted by molar-refractivity contribution is 6.30. The Hall–Kier alpha value is -2.53. The number of hydrogen-bond acceptors (Lipinski definition) is 3. The van der Waals surface area contributed by atoms with Crippen molar-refractivity contribution in [3.63, 3.8) is 0 Å². The Balaban J connectivity index is 1.43. The zero-order chi connectivity index (χ0) is 19.8. The maximum absolute atomic E-state index is 12.6. The normalized spacial score (nSPS) is 14.5. The molecule has 0 bridgehead atoms. The molecule has 1 aliphatic rings. The molecule has 0 unspecified atom stereocenters. The van der Waals surface area contributed by atoms with E-state index in [1.54, 1.807) is 4.90 Å². The molecule has 3 rings (SSSR count). The number of carbonyl (C=O) groups is 2. The quantitative estimate of drug-likeness (QED) is 0.746. The minimum absolute atomic E-state index is 0.0223. The van der Waals surface area contributed by atoms with Crippen molar-refractivity contribution < 1.29 is 14.3 Å². The van der Waals surface area contributed by atoms with Crippen LogP contribution in [0.1, 0.15) is 18.4 Å². The highest BCUT2D eigenvalue weighted by atomic mass is 35.5. The van der Waals surface area contributed by atoms with Crippen LogP contribution in [-0.2, 0) is 16.0 Å². The number of aryl methyl sites for hydroxylation is 1. The second-order valence-electron chi connectivity index (χ2n) is 6.84. The number of para-hydroxylation sites is 1. The first-order chi connectivity index (χ1) is 13.6. The lowest BCUT2D eigenvalue weighted by molar-refractivity contribution is -0.134. The van der Waals surface area contributed by atoms with Gasteiger partial charge in [0, 0.05) is 37.6 Å². The minimum Gasteiger partial charge on any atom is -0.484 e. The summed E-state index contributed by atoms with van der Waals surface area (Å²) < 4.78 is 5.55. The fourth-order valence-corrected chi connectivity index (χ4v) is 3.36. The molecule has 2 aromatic carbocycles. The van der Waals surface area contributed by atoms with Crippen molar-refractivity contribution in [3.05, 3.63) is 65.2 Å². The molecule has 2 amide bonds. The van der Waals surface area contributed by atoms with Gasteiger partial charge in [0.05, 0.1) is 0 Å². The summed E-state index contributed by atoms with van der Waals surface area (Å²) in [5.41, 5.74) is 1.10. The van der Waals surface area contributed by atoms with E-state index in [0.717, 1.165) is 12.0 Å². The highest BCUT2D eigenvalue weighted by Gasteiger charge is 2.22. The first kappa shape index (κ1) is 20.2. The predicted octanol–water partition coefficient (Wildman–Crippen LogP) is 3.41. The fraction of sp³-hybridized carbons (Fsp3) is 0.364. The van der Waals surface area contributed by atoms with Gasteiger partial charge in [-0.3, -0.25) is 9.59 Å². The van der Waals surface area contributed by atoms with Gasteiger partial charge in [0.25, 0.3) is 5.91 Å². The fourth-order valence-electron chi connectivity index (χ4n) is 3.23. The van der Waals surface area contributed by atoms with Crippen molar-refractivity contribution in [3.8, 4) is 5.75 Å². The molecular weight excluding hydrogens is 376 g/mol. The van der Waals surface area contributed by atoms with Crippen LogP contribution in [0.25, 0.3) is 0 Å². The van der Waals surface area contributed by atoms with Crippen LogP contribution >= 0.6 is 11.6 Å². The summed E-state index contributed by atoms with van der Waals surface area (Å²) in [7, 11) is 0. The van der Waals surface area contributed by atoms with E-state index in [0.29, 0.717) is 49.8 Å². The zero-order valence-electron chi connectivity index (χ0n) is 15.9. The van der Waals surface area contributed by atoms with Gasteiger partial charge >= 0.3 is 0 Å². The average molecular weight is 401 g/mol. The molecule has 0 atom stereocenters. The summed E-state index contributed by atoms with van der Waals surface area (Å²) in [6.45, 7) is 2.47. The van der Waals surface area contributed by atoms with Gasteiger partial charge in [0.15, 0.2) is 6.61 Å². The van der Waals surface area contributed by atoms with Crippen LogP contribution in [-0.4, -0.2) is 54.4 Å². The smallest absolute Gasteiger partial charge is 0.260 e. The van der Waals surface area contributed by atoms with Crippen molar-refractivity contribution in [2.45, 2.75) is 19.3 Å². The molecule has 5 nitrogen and oxygen atoms in total. The molecular formula is C22H25ClN2O3. The van der Waals surface area contributed by atoms with Gasteiger partial charge in [-0.25, -0.2) is 0 Å². The lowest BCUT2D eigenvalue weighted by atomic mass is 10.1. The molecule has 0 radical (unpaired) electrons. The van der Waals surface area contributed by atoms with Crippen LogP contribution in [0, 0.1) is 0 Å². The van der Waals surface area contributed by atoms with Crippen LogP contribution in [0.5, 0.6) is 5.75 Å². The van der Waals surface area contributed by atoms with Crippen LogP contribution in [0.4, 0.5) is 0 Å². The predicted molar refractivity (Wildman–Crippen MR) is 109 cm³/mol. The number of benzene rings is 2. The van der Waals surface area contributed by atoms with Gasteiger partial charge < -0.3 is 14.5 Å². The first-order valence-corrected chi connectivity index (χ1v) is 9.97. The largest absolute Gasteiger partial charge is 0.484 e. The van der Waals surface area contributed by atoms with Crippen LogP contribution in [0.3, 0.4) is 0 Å². The van der Waals surface area contributed by atoms with Crippen molar-refractivity contribution in [2.75, 3.05) is 32.8 Å². The van der Waals surface area contributed by atoms with Crippen molar-refractivity contribution in [1.29, 1.82) is 0 Å². The van der Waals surface area contributed by atoms with E-state index >= 15 is 0 Å². The number of ether oxygens (including phenoxy) is 1. The molecule has 0 spiro atoms. The molecule has 2 aromatic rings. The SMILES string of the molecule is O=C(CCc1ccc(Cl)cc1)N1CCCN(C(=O)COc2ccccc2)CC1. The van der Waals surface area contributed by atoms with Gasteiger partial charge in [0.2, 0.25) is 5.91 Å². The molecule has 1 aliphatic heterocycles. The van der Waals surface area contributed by atoms with Gasteiger partial charge in [-0.2, -0.15) is 0 Å². The van der Waals surface area contributed by atoms with E-state index in [2.05, 4.69) is 0 Å². The van der Waals surface area contributed by atoms with E-state index in [-0.39, 0.29) is 18.4 Å². The van der Waals surface area contributed by atoms with Crippen LogP contribution in [0.15, 0.2) is 54.6 Å². The number of amides is 2. The molecule has 1 fully saturated rings. The molecule has 28 heavy (non-hydrogen) atoms. The molecule has 0 N–H and O–H groups in total. The van der Waals surface area contributed by atoms with Crippen molar-refractivity contribution in [2.24, 2.45) is 0 Å². The molecule has 148 valence electrons. The number of halogens is 1. The maximum Gasteiger partial charge on any atom is 0.260 e. The zero-order valence-corrected chi connectivity index (χ0v) is 16.6. The molecule has 0 saturated carbocycles. The van der Waals surface area contributed by atoms with E-state index in [4.69, 9.17) is 16.3 Å². The van der Waals surface area contributed by atoms with Crippen molar-refractivity contribution in [1.82, 2.24) is 9.80 Å². The van der Waals surface area contributed by atoms with Gasteiger partial charge in [-0.05, 0) is 42.7 Å². The Morgan fingerprint density at radius 1 is 0.857 bits per heavy atom. The third-order valence-corrected chi connectivity index (χ3v) is 5.10. The lowest BCUT2D eigenvalue weighted by Crippen LogP contribution is -2.39. The Kier molecular flexibility index (Phi) is 7.31. The van der Waals surface area contributed by atoms with E-state index in [1.165, 1.54) is 0 Å². The van der Waals surface area contributed by atoms with E-state index in [9.17, 15) is 9.59 Å². The summed E-state index contributed by atoms with van der Waals surface area (Å²) in [6.07, 6.45) is 1.94. The highest BCUT2D eigenvalue weighted by Crippen LogP contribution is 2.13. The minimum atomic E-state index is -0.0423. The first-order valence-electron chi connectivity index (χ1n) is 9.59. The van der Waals surface area contributed by atoms with Crippen LogP contribution < -0.4 is 4.74 Å². The second-order valence-corrected chi connectivity index (χ2v) is 7.28. The third-order valence-electron chi connectivity index (χ3n) is 4.85. The molecule has 1 heterocycles. The number of nitrogens with zero attached hydrogens (tertiary/aromatic N) is 2. The molecule has 1 saturated heterocycles. The molecule has 6 heteroatoms. The Morgan fingerprint density at radius 3 is 2.18 bits per heavy atom. The maximum atomic E-state index is 12.6. The van der Waals surface area contributed by atoms with Crippen LogP contribution in [0.2, 0.25) is 5.02 Å². The number of hydrogen-bond donors (Lipinski definition) is 0. The van der Waals surface area contributed by atoms with Crippen molar-refractivity contribution >= 4 is 23.4 Å². The number of rotatable bonds is 6. The monoisotopic (exact) mass is 400 g/mol. The second kappa shape index (κ2) is 10.1. The third kappa shape index (κ3) is 5.99. The molecule has 0 aliphatic carbocycles. The lowest BCUT2D eigenvalue weighted by Gasteiger charge is -2.22. The standard InChI is InChI=1S/C22H25ClN2O3/c23-19-10-7-18(8-11-19)9-12-21(26)24-13-4-14-25(16-15-24)22(27)17-28-20-5-2-1-3-6-20/h1-3,5-8,10-11H,4,9,12-17H2.